The summed E-state index contributed by atoms with van der Waals surface area (Å²) in [6.07, 6.45) is 1.09. The molecule has 14 heavy (non-hydrogen) atoms. The van der Waals surface area contributed by atoms with Crippen molar-refractivity contribution in [2.75, 3.05) is 13.1 Å². The molecule has 3 nitrogen and oxygen atoms in total. The molecule has 1 aromatic rings. The lowest BCUT2D eigenvalue weighted by atomic mass is 9.95. The summed E-state index contributed by atoms with van der Waals surface area (Å²) in [5, 5.41) is 3.39. The molecule has 2 heterocycles. The first-order valence-corrected chi connectivity index (χ1v) is 5.13. The van der Waals surface area contributed by atoms with Crippen molar-refractivity contribution in [3.05, 3.63) is 34.2 Å². The van der Waals surface area contributed by atoms with Gasteiger partial charge in [0.25, 0.3) is 5.69 Å². The molecule has 0 radical (unpaired) electrons. The summed E-state index contributed by atoms with van der Waals surface area (Å²) in [5.74, 6) is 0.452. The van der Waals surface area contributed by atoms with Crippen LogP contribution in [0.1, 0.15) is 23.5 Å². The topological polar surface area (TPSA) is 32.1 Å². The number of hydrogen-bond acceptors (Lipinski definition) is 2. The minimum atomic E-state index is 0.452. The lowest BCUT2D eigenvalue weighted by Gasteiger charge is -2.03. The molecule has 1 atom stereocenters. The molecular weight excluding hydrogens is 176 g/mol. The third-order valence-electron chi connectivity index (χ3n) is 3.22. The molecule has 0 fully saturated rings. The van der Waals surface area contributed by atoms with Crippen LogP contribution in [0.4, 0.5) is 5.69 Å². The smallest absolute Gasteiger partial charge is 0.260 e. The highest BCUT2D eigenvalue weighted by molar-refractivity contribution is 5.50. The van der Waals surface area contributed by atoms with E-state index in [0.717, 1.165) is 30.0 Å². The molecule has 72 valence electrons. The van der Waals surface area contributed by atoms with Gasteiger partial charge in [-0.25, -0.2) is 0 Å². The second-order valence-electron chi connectivity index (χ2n) is 4.07. The summed E-state index contributed by atoms with van der Waals surface area (Å²) < 4.78 is 1.15. The summed E-state index contributed by atoms with van der Waals surface area (Å²) in [4.78, 5) is 11.6. The zero-order valence-electron chi connectivity index (χ0n) is 7.99. The third-order valence-corrected chi connectivity index (χ3v) is 3.22. The van der Waals surface area contributed by atoms with Crippen molar-refractivity contribution in [3.63, 3.8) is 0 Å². The number of hydrogen-bond donors (Lipinski definition) is 1. The van der Waals surface area contributed by atoms with Crippen molar-refractivity contribution in [1.29, 1.82) is 0 Å². The predicted molar refractivity (Wildman–Crippen MR) is 53.7 cm³/mol. The maximum absolute atomic E-state index is 11.6. The van der Waals surface area contributed by atoms with Crippen LogP contribution in [0.3, 0.4) is 0 Å². The predicted octanol–water partition coefficient (Wildman–Crippen LogP) is 1.69. The Morgan fingerprint density at radius 1 is 1.43 bits per heavy atom. The fourth-order valence-corrected chi connectivity index (χ4v) is 2.57. The molecule has 0 spiro atoms. The molecule has 1 unspecified atom stereocenters. The van der Waals surface area contributed by atoms with Crippen LogP contribution in [0.25, 0.3) is 0 Å². The van der Waals surface area contributed by atoms with Gasteiger partial charge in [-0.15, -0.1) is 0 Å². The van der Waals surface area contributed by atoms with Crippen molar-refractivity contribution in [2.24, 2.45) is 0 Å². The van der Waals surface area contributed by atoms with Crippen LogP contribution >= 0.6 is 0 Å². The minimum absolute atomic E-state index is 0.452. The van der Waals surface area contributed by atoms with Crippen molar-refractivity contribution in [2.45, 2.75) is 18.9 Å². The van der Waals surface area contributed by atoms with E-state index >= 15 is 0 Å². The monoisotopic (exact) mass is 189 g/mol. The zero-order valence-corrected chi connectivity index (χ0v) is 7.99. The zero-order chi connectivity index (χ0) is 9.54. The number of nitroso groups, excluding NO2 is 1. The van der Waals surface area contributed by atoms with Gasteiger partial charge >= 0.3 is 0 Å². The molecule has 2 aliphatic rings. The first-order chi connectivity index (χ1) is 6.86. The van der Waals surface area contributed by atoms with Gasteiger partial charge < -0.3 is 5.32 Å². The van der Waals surface area contributed by atoms with E-state index in [1.54, 1.807) is 0 Å². The van der Waals surface area contributed by atoms with Gasteiger partial charge in [0.1, 0.15) is 0 Å². The van der Waals surface area contributed by atoms with E-state index in [4.69, 9.17) is 0 Å². The second-order valence-corrected chi connectivity index (χ2v) is 4.07. The Morgan fingerprint density at radius 3 is 3.29 bits per heavy atom. The standard InChI is InChI=1S/C11H13N2O/c14-13-7-9-4-5-12-6-8-2-1-3-10(13)11(8)9/h1-3,9,12H,4-7H2/q+1. The number of nitrogens with zero attached hydrogens (tertiary/aromatic N) is 1. The molecule has 0 aliphatic carbocycles. The SMILES string of the molecule is O=[N+]1CC2CCNCc3cccc1c32. The van der Waals surface area contributed by atoms with Gasteiger partial charge in [-0.1, -0.05) is 12.1 Å². The van der Waals surface area contributed by atoms with Gasteiger partial charge in [0, 0.05) is 27.8 Å². The lowest BCUT2D eigenvalue weighted by Crippen LogP contribution is -2.14. The van der Waals surface area contributed by atoms with Crippen molar-refractivity contribution < 1.29 is 4.76 Å². The molecule has 1 aromatic carbocycles. The highest BCUT2D eigenvalue weighted by Crippen LogP contribution is 2.39. The molecule has 0 bridgehead atoms. The number of rotatable bonds is 0. The van der Waals surface area contributed by atoms with Crippen molar-refractivity contribution >= 4 is 5.69 Å². The van der Waals surface area contributed by atoms with Crippen LogP contribution in [0, 0.1) is 4.91 Å². The Morgan fingerprint density at radius 2 is 2.36 bits per heavy atom. The number of benzene rings is 1. The van der Waals surface area contributed by atoms with E-state index in [9.17, 15) is 4.91 Å². The molecule has 1 N–H and O–H groups in total. The Kier molecular flexibility index (Phi) is 1.67. The van der Waals surface area contributed by atoms with Crippen LogP contribution in [0.15, 0.2) is 18.2 Å². The largest absolute Gasteiger partial charge is 0.313 e. The maximum atomic E-state index is 11.6. The van der Waals surface area contributed by atoms with Crippen LogP contribution in [0.5, 0.6) is 0 Å². The molecule has 3 heteroatoms. The molecule has 3 rings (SSSR count). The highest BCUT2D eigenvalue weighted by Gasteiger charge is 2.38. The van der Waals surface area contributed by atoms with E-state index in [-0.39, 0.29) is 0 Å². The summed E-state index contributed by atoms with van der Waals surface area (Å²) in [6.45, 7) is 2.58. The average molecular weight is 189 g/mol. The first kappa shape index (κ1) is 8.12. The summed E-state index contributed by atoms with van der Waals surface area (Å²) in [5.41, 5.74) is 3.51. The van der Waals surface area contributed by atoms with Crippen LogP contribution < -0.4 is 5.32 Å². The minimum Gasteiger partial charge on any atom is -0.313 e. The Balaban J connectivity index is 2.22. The summed E-state index contributed by atoms with van der Waals surface area (Å²) >= 11 is 0. The molecule has 0 amide bonds. The maximum Gasteiger partial charge on any atom is 0.260 e. The Hall–Kier alpha value is -1.22. The van der Waals surface area contributed by atoms with Crippen LogP contribution in [0.2, 0.25) is 0 Å². The van der Waals surface area contributed by atoms with Gasteiger partial charge in [-0.05, 0) is 18.5 Å². The molecular formula is C11H13N2O+. The van der Waals surface area contributed by atoms with Crippen LogP contribution in [-0.4, -0.2) is 17.8 Å². The Bertz CT molecular complexity index is 400. The molecule has 2 aliphatic heterocycles. The third kappa shape index (κ3) is 1.02. The summed E-state index contributed by atoms with van der Waals surface area (Å²) in [7, 11) is 0. The van der Waals surface area contributed by atoms with Crippen molar-refractivity contribution in [1.82, 2.24) is 5.32 Å². The van der Waals surface area contributed by atoms with E-state index in [1.165, 1.54) is 11.1 Å². The Labute approximate surface area is 82.7 Å². The molecule has 0 saturated carbocycles. The van der Waals surface area contributed by atoms with Crippen LogP contribution in [-0.2, 0) is 6.54 Å². The van der Waals surface area contributed by atoms with Crippen molar-refractivity contribution in [3.8, 4) is 0 Å². The van der Waals surface area contributed by atoms with E-state index in [1.807, 2.05) is 12.1 Å². The van der Waals surface area contributed by atoms with Gasteiger partial charge in [-0.2, -0.15) is 0 Å². The molecule has 0 aromatic heterocycles. The first-order valence-electron chi connectivity index (χ1n) is 5.13. The van der Waals surface area contributed by atoms with E-state index in [0.29, 0.717) is 12.5 Å². The van der Waals surface area contributed by atoms with Gasteiger partial charge in [0.15, 0.2) is 0 Å². The second kappa shape index (κ2) is 2.89. The van der Waals surface area contributed by atoms with Gasteiger partial charge in [-0.3, -0.25) is 0 Å². The lowest BCUT2D eigenvalue weighted by molar-refractivity contribution is -0.455. The normalized spacial score (nSPS) is 24.6. The average Bonchev–Trinajstić information content (AvgIpc) is 2.41. The quantitative estimate of drug-likeness (QED) is 0.630. The number of nitrogens with one attached hydrogen (secondary N) is 1. The van der Waals surface area contributed by atoms with E-state index in [2.05, 4.69) is 11.4 Å². The summed E-state index contributed by atoms with van der Waals surface area (Å²) in [6, 6.07) is 6.05. The van der Waals surface area contributed by atoms with Gasteiger partial charge in [0.2, 0.25) is 6.54 Å². The van der Waals surface area contributed by atoms with Gasteiger partial charge in [0.05, 0.1) is 5.92 Å². The van der Waals surface area contributed by atoms with E-state index < -0.39 is 0 Å². The molecule has 0 saturated heterocycles. The fraction of sp³-hybridized carbons (Fsp3) is 0.455. The highest BCUT2D eigenvalue weighted by atomic mass is 16.3. The fourth-order valence-electron chi connectivity index (χ4n) is 2.57.